The van der Waals surface area contributed by atoms with Gasteiger partial charge in [0, 0.05) is 5.41 Å². The summed E-state index contributed by atoms with van der Waals surface area (Å²) in [6.45, 7) is 4.59. The molecule has 0 aromatic heterocycles. The van der Waals surface area contributed by atoms with Crippen LogP contribution in [0.2, 0.25) is 0 Å². The van der Waals surface area contributed by atoms with Gasteiger partial charge in [0.25, 0.3) is 0 Å². The van der Waals surface area contributed by atoms with E-state index < -0.39 is 7.12 Å². The minimum atomic E-state index is -1.42. The monoisotopic (exact) mass is 631 g/mol. The van der Waals surface area contributed by atoms with Crippen LogP contribution in [0.25, 0.3) is 11.1 Å². The fraction of sp³-hybridized carbons (Fsp3) is 0.721. The molecular weight excluding hydrogens is 559 g/mol. The number of rotatable bonds is 29. The molecule has 0 aliphatic heterocycles. The average molecular weight is 631 g/mol. The maximum absolute atomic E-state index is 10.1. The Bertz CT molecular complexity index is 1020. The van der Waals surface area contributed by atoms with Crippen molar-refractivity contribution in [2.45, 2.75) is 199 Å². The van der Waals surface area contributed by atoms with Gasteiger partial charge in [-0.2, -0.15) is 0 Å². The van der Waals surface area contributed by atoms with Crippen LogP contribution in [0.1, 0.15) is 205 Å². The third-order valence-electron chi connectivity index (χ3n) is 11.0. The van der Waals surface area contributed by atoms with Gasteiger partial charge >= 0.3 is 7.12 Å². The van der Waals surface area contributed by atoms with Gasteiger partial charge in [0.05, 0.1) is 0 Å². The van der Waals surface area contributed by atoms with Gasteiger partial charge in [0.2, 0.25) is 0 Å². The number of unbranched alkanes of at least 4 members (excludes halogenated alkanes) is 24. The van der Waals surface area contributed by atoms with Crippen molar-refractivity contribution in [2.24, 2.45) is 0 Å². The summed E-state index contributed by atoms with van der Waals surface area (Å²) >= 11 is 0. The van der Waals surface area contributed by atoms with E-state index in [9.17, 15) is 10.0 Å². The van der Waals surface area contributed by atoms with E-state index in [1.54, 1.807) is 0 Å². The van der Waals surface area contributed by atoms with Crippen LogP contribution >= 0.6 is 0 Å². The van der Waals surface area contributed by atoms with E-state index in [1.807, 2.05) is 6.07 Å². The lowest BCUT2D eigenvalue weighted by molar-refractivity contribution is 0.396. The first-order valence-electron chi connectivity index (χ1n) is 20.2. The van der Waals surface area contributed by atoms with Gasteiger partial charge in [-0.25, -0.2) is 0 Å². The molecule has 0 unspecified atom stereocenters. The molecule has 3 rings (SSSR count). The summed E-state index contributed by atoms with van der Waals surface area (Å²) < 4.78 is 0. The quantitative estimate of drug-likeness (QED) is 0.0693. The van der Waals surface area contributed by atoms with Crippen LogP contribution in [0.3, 0.4) is 0 Å². The summed E-state index contributed by atoms with van der Waals surface area (Å²) in [6, 6.07) is 15.2. The predicted octanol–water partition coefficient (Wildman–Crippen LogP) is 12.6. The highest BCUT2D eigenvalue weighted by atomic mass is 16.4. The molecule has 0 saturated carbocycles. The third kappa shape index (κ3) is 13.1. The Morgan fingerprint density at radius 2 is 0.804 bits per heavy atom. The molecule has 0 atom stereocenters. The van der Waals surface area contributed by atoms with E-state index in [0.29, 0.717) is 5.46 Å². The number of fused-ring (bicyclic) bond motifs is 3. The van der Waals surface area contributed by atoms with Gasteiger partial charge in [-0.3, -0.25) is 0 Å². The maximum Gasteiger partial charge on any atom is 0.488 e. The van der Waals surface area contributed by atoms with Crippen LogP contribution < -0.4 is 5.46 Å². The summed E-state index contributed by atoms with van der Waals surface area (Å²) in [5.41, 5.74) is 6.12. The predicted molar refractivity (Wildman–Crippen MR) is 203 cm³/mol. The molecule has 258 valence electrons. The minimum absolute atomic E-state index is 0.00756. The highest BCUT2D eigenvalue weighted by Crippen LogP contribution is 2.53. The van der Waals surface area contributed by atoms with Crippen molar-refractivity contribution >= 4 is 12.6 Å². The van der Waals surface area contributed by atoms with Crippen LogP contribution in [0.4, 0.5) is 0 Å². The van der Waals surface area contributed by atoms with Gasteiger partial charge in [-0.1, -0.05) is 223 Å². The molecule has 0 radical (unpaired) electrons. The molecule has 1 aliphatic carbocycles. The van der Waals surface area contributed by atoms with Gasteiger partial charge in [-0.15, -0.1) is 0 Å². The summed E-state index contributed by atoms with van der Waals surface area (Å²) in [5.74, 6) is 0. The molecule has 2 N–H and O–H groups in total. The zero-order valence-corrected chi connectivity index (χ0v) is 30.3. The molecule has 2 aromatic rings. The normalized spacial score (nSPS) is 13.2. The van der Waals surface area contributed by atoms with Gasteiger partial charge in [0.15, 0.2) is 0 Å². The third-order valence-corrected chi connectivity index (χ3v) is 11.0. The summed E-state index contributed by atoms with van der Waals surface area (Å²) in [5, 5.41) is 20.2. The highest BCUT2D eigenvalue weighted by Gasteiger charge is 2.42. The highest BCUT2D eigenvalue weighted by molar-refractivity contribution is 6.58. The second kappa shape index (κ2) is 23.7. The van der Waals surface area contributed by atoms with Crippen molar-refractivity contribution in [1.29, 1.82) is 0 Å². The Morgan fingerprint density at radius 1 is 0.435 bits per heavy atom. The lowest BCUT2D eigenvalue weighted by atomic mass is 9.68. The van der Waals surface area contributed by atoms with E-state index >= 15 is 0 Å². The minimum Gasteiger partial charge on any atom is -0.423 e. The second-order valence-electron chi connectivity index (χ2n) is 14.8. The van der Waals surface area contributed by atoms with Crippen LogP contribution in [-0.2, 0) is 5.41 Å². The Labute approximate surface area is 285 Å². The van der Waals surface area contributed by atoms with Crippen molar-refractivity contribution in [2.75, 3.05) is 0 Å². The number of hydrogen-bond donors (Lipinski definition) is 2. The lowest BCUT2D eigenvalue weighted by Crippen LogP contribution is -2.32. The van der Waals surface area contributed by atoms with Crippen molar-refractivity contribution in [3.05, 3.63) is 53.6 Å². The van der Waals surface area contributed by atoms with Crippen LogP contribution in [0, 0.1) is 0 Å². The Morgan fingerprint density at radius 3 is 1.22 bits per heavy atom. The second-order valence-corrected chi connectivity index (χ2v) is 14.8. The Balaban J connectivity index is 1.48. The molecule has 1 aliphatic rings. The molecule has 2 nitrogen and oxygen atoms in total. The molecule has 2 aromatic carbocycles. The van der Waals surface area contributed by atoms with Gasteiger partial charge in [-0.05, 0) is 40.6 Å². The zero-order chi connectivity index (χ0) is 32.7. The summed E-state index contributed by atoms with van der Waals surface area (Å²) in [7, 11) is -1.42. The smallest absolute Gasteiger partial charge is 0.423 e. The molecule has 0 bridgehead atoms. The molecule has 3 heteroatoms. The van der Waals surface area contributed by atoms with Crippen molar-refractivity contribution < 1.29 is 10.0 Å². The van der Waals surface area contributed by atoms with E-state index in [4.69, 9.17) is 0 Å². The zero-order valence-electron chi connectivity index (χ0n) is 30.3. The molecule has 0 spiro atoms. The average Bonchev–Trinajstić information content (AvgIpc) is 3.34. The molecule has 0 fully saturated rings. The standard InChI is InChI=1S/C43H71BO2/c1-3-5-7-9-11-13-15-17-19-21-23-25-29-35-43(36-30-26-24-22-20-18-16-14-12-10-8-6-4-2)41-32-28-27-31-39(41)40-34-33-38(44(45)46)37-42(40)43/h27-28,31-34,37,45-46H,3-26,29-30,35-36H2,1-2H3. The maximum atomic E-state index is 10.1. The first-order chi connectivity index (χ1) is 22.6. The van der Waals surface area contributed by atoms with Gasteiger partial charge in [0.1, 0.15) is 0 Å². The van der Waals surface area contributed by atoms with Crippen LogP contribution in [0.5, 0.6) is 0 Å². The van der Waals surface area contributed by atoms with E-state index in [2.05, 4.69) is 50.2 Å². The first kappa shape index (κ1) is 38.9. The molecule has 0 heterocycles. The molecule has 46 heavy (non-hydrogen) atoms. The van der Waals surface area contributed by atoms with Crippen molar-refractivity contribution in [3.8, 4) is 11.1 Å². The SMILES string of the molecule is CCCCCCCCCCCCCCCC1(CCCCCCCCCCCCCCC)c2ccccc2-c2ccc(B(O)O)cc21. The van der Waals surface area contributed by atoms with Crippen molar-refractivity contribution in [1.82, 2.24) is 0 Å². The lowest BCUT2D eigenvalue weighted by Gasteiger charge is -2.33. The first-order valence-corrected chi connectivity index (χ1v) is 20.2. The summed E-state index contributed by atoms with van der Waals surface area (Å²) in [6.07, 6.45) is 38.2. The number of hydrogen-bond acceptors (Lipinski definition) is 2. The summed E-state index contributed by atoms with van der Waals surface area (Å²) in [4.78, 5) is 0. The fourth-order valence-corrected chi connectivity index (χ4v) is 8.19. The molecular formula is C43H71BO2. The Kier molecular flexibility index (Phi) is 20.0. The van der Waals surface area contributed by atoms with E-state index in [0.717, 1.165) is 12.8 Å². The van der Waals surface area contributed by atoms with E-state index in [1.165, 1.54) is 189 Å². The number of benzene rings is 2. The largest absolute Gasteiger partial charge is 0.488 e. The van der Waals surface area contributed by atoms with Crippen LogP contribution in [-0.4, -0.2) is 17.2 Å². The topological polar surface area (TPSA) is 40.5 Å². The van der Waals surface area contributed by atoms with Crippen LogP contribution in [0.15, 0.2) is 42.5 Å². The van der Waals surface area contributed by atoms with E-state index in [-0.39, 0.29) is 5.41 Å². The molecule has 0 saturated heterocycles. The fourth-order valence-electron chi connectivity index (χ4n) is 8.19. The Hall–Kier alpha value is -1.58. The van der Waals surface area contributed by atoms with Gasteiger partial charge < -0.3 is 10.0 Å². The molecule has 0 amide bonds. The van der Waals surface area contributed by atoms with Crippen molar-refractivity contribution in [3.63, 3.8) is 0 Å².